The first-order chi connectivity index (χ1) is 5.20. The van der Waals surface area contributed by atoms with Crippen LogP contribution in [0.25, 0.3) is 0 Å². The molecule has 0 aromatic rings. The molecule has 15 nitrogen and oxygen atoms in total. The molecule has 0 aliphatic rings. The van der Waals surface area contributed by atoms with Gasteiger partial charge in [0.1, 0.15) is 0 Å². The van der Waals surface area contributed by atoms with Crippen molar-refractivity contribution >= 4 is 0 Å². The monoisotopic (exact) mass is 292 g/mol. The van der Waals surface area contributed by atoms with Gasteiger partial charge in [0, 0.05) is 0 Å². The third kappa shape index (κ3) is 369. The van der Waals surface area contributed by atoms with Crippen molar-refractivity contribution in [2.75, 3.05) is 0 Å². The van der Waals surface area contributed by atoms with Crippen molar-refractivity contribution in [2.24, 2.45) is 0 Å². The molecule has 0 fully saturated rings. The van der Waals surface area contributed by atoms with Gasteiger partial charge < -0.3 is 62.4 Å². The van der Waals surface area contributed by atoms with E-state index in [1.54, 1.807) is 0 Å². The maximum Gasteiger partial charge on any atom is 3.00 e. The Hall–Kier alpha value is -1.99. The number of hydrogen-bond acceptors (Lipinski definition) is 9. The predicted octanol–water partition coefficient (Wildman–Crippen LogP) is -3.19. The standard InChI is InChI=1S/Cr.3NO3.3H2O/c;3*2-1(3)4;;;/h;;;;3*1H2/q+3;3*-1;;;. The van der Waals surface area contributed by atoms with Crippen LogP contribution in [0.3, 0.4) is 0 Å². The van der Waals surface area contributed by atoms with Gasteiger partial charge >= 0.3 is 17.4 Å². The SMILES string of the molecule is O.O.O.O=[N+]([O-])[O-].O=[N+]([O-])[O-].O=[N+]([O-])[O-].[Cr+3]. The third-order valence-corrected chi connectivity index (χ3v) is 0. The van der Waals surface area contributed by atoms with Gasteiger partial charge in [0.05, 0.1) is 15.3 Å². The van der Waals surface area contributed by atoms with Gasteiger partial charge in [0.2, 0.25) is 0 Å². The molecule has 16 heteroatoms. The Morgan fingerprint density at radius 3 is 0.500 bits per heavy atom. The Kier molecular flexibility index (Phi) is 115. The van der Waals surface area contributed by atoms with Crippen LogP contribution in [-0.2, 0) is 17.4 Å². The molecule has 0 rings (SSSR count). The van der Waals surface area contributed by atoms with E-state index < -0.39 is 15.3 Å². The van der Waals surface area contributed by atoms with Crippen LogP contribution >= 0.6 is 0 Å². The van der Waals surface area contributed by atoms with Crippen molar-refractivity contribution in [3.63, 3.8) is 0 Å². The summed E-state index contributed by atoms with van der Waals surface area (Å²) in [5.74, 6) is 0. The zero-order valence-electron chi connectivity index (χ0n) is 6.92. The summed E-state index contributed by atoms with van der Waals surface area (Å²) in [4.78, 5) is 24.8. The van der Waals surface area contributed by atoms with Crippen molar-refractivity contribution in [3.8, 4) is 0 Å². The average molecular weight is 292 g/mol. The van der Waals surface area contributed by atoms with Crippen LogP contribution in [0.4, 0.5) is 0 Å². The second-order valence-corrected chi connectivity index (χ2v) is 0.671. The van der Waals surface area contributed by atoms with Crippen LogP contribution in [-0.4, -0.2) is 31.7 Å². The summed E-state index contributed by atoms with van der Waals surface area (Å²) in [6.07, 6.45) is 0. The number of nitrogens with zero attached hydrogens (tertiary/aromatic N) is 3. The zero-order valence-corrected chi connectivity index (χ0v) is 8.20. The first-order valence-corrected chi connectivity index (χ1v) is 1.64. The molecule has 0 atom stereocenters. The Morgan fingerprint density at radius 1 is 0.500 bits per heavy atom. The topological polar surface area (TPSA) is 293 Å². The molecule has 0 unspecified atom stereocenters. The molecule has 1 radical (unpaired) electrons. The van der Waals surface area contributed by atoms with E-state index in [1.807, 2.05) is 0 Å². The van der Waals surface area contributed by atoms with Crippen molar-refractivity contribution in [3.05, 3.63) is 46.0 Å². The molecule has 0 aliphatic carbocycles. The molecule has 0 amide bonds. The summed E-state index contributed by atoms with van der Waals surface area (Å²) in [7, 11) is 0. The molecule has 0 aromatic heterocycles. The second-order valence-electron chi connectivity index (χ2n) is 0.671. The minimum absolute atomic E-state index is 0. The second kappa shape index (κ2) is 38.2. The molecule has 16 heavy (non-hydrogen) atoms. The van der Waals surface area contributed by atoms with E-state index in [9.17, 15) is 0 Å². The van der Waals surface area contributed by atoms with E-state index in [4.69, 9.17) is 46.0 Å². The molecular weight excluding hydrogens is 286 g/mol. The zero-order chi connectivity index (χ0) is 10.7. The van der Waals surface area contributed by atoms with Gasteiger partial charge in [-0.2, -0.15) is 0 Å². The molecule has 0 aromatic carbocycles. The fraction of sp³-hybridized carbons (Fsp3) is 0. The van der Waals surface area contributed by atoms with Crippen molar-refractivity contribution < 1.29 is 49.0 Å². The van der Waals surface area contributed by atoms with E-state index in [2.05, 4.69) is 0 Å². The largest absolute Gasteiger partial charge is 3.00 e. The van der Waals surface area contributed by atoms with E-state index in [1.165, 1.54) is 0 Å². The van der Waals surface area contributed by atoms with Gasteiger partial charge in [-0.15, -0.1) is 0 Å². The van der Waals surface area contributed by atoms with Crippen LogP contribution in [0, 0.1) is 46.0 Å². The minimum atomic E-state index is -1.75. The predicted molar refractivity (Wildman–Crippen MR) is 41.9 cm³/mol. The molecule has 0 spiro atoms. The third-order valence-electron chi connectivity index (χ3n) is 0. The minimum Gasteiger partial charge on any atom is -0.412 e. The average Bonchev–Trinajstić information content (AvgIpc) is 1.54. The Labute approximate surface area is 95.9 Å². The first kappa shape index (κ1) is 48.2. The van der Waals surface area contributed by atoms with Crippen molar-refractivity contribution in [1.29, 1.82) is 0 Å². The van der Waals surface area contributed by atoms with Crippen LogP contribution in [0.1, 0.15) is 0 Å². The van der Waals surface area contributed by atoms with Crippen LogP contribution in [0.15, 0.2) is 0 Å². The maximum atomic E-state index is 8.25. The molecule has 0 bridgehead atoms. The maximum absolute atomic E-state index is 8.25. The van der Waals surface area contributed by atoms with Crippen molar-refractivity contribution in [2.45, 2.75) is 0 Å². The summed E-state index contributed by atoms with van der Waals surface area (Å²) in [6, 6.07) is 0. The summed E-state index contributed by atoms with van der Waals surface area (Å²) in [5.41, 5.74) is 0. The van der Waals surface area contributed by atoms with E-state index >= 15 is 0 Å². The fourth-order valence-electron chi connectivity index (χ4n) is 0. The summed E-state index contributed by atoms with van der Waals surface area (Å²) in [5, 5.41) is 44.2. The summed E-state index contributed by atoms with van der Waals surface area (Å²) >= 11 is 0. The molecule has 99 valence electrons. The van der Waals surface area contributed by atoms with Gasteiger partial charge in [-0.25, -0.2) is 0 Å². The van der Waals surface area contributed by atoms with E-state index in [-0.39, 0.29) is 33.8 Å². The molecule has 0 heterocycles. The molecule has 0 saturated heterocycles. The van der Waals surface area contributed by atoms with E-state index in [0.29, 0.717) is 0 Å². The van der Waals surface area contributed by atoms with Crippen molar-refractivity contribution in [1.82, 2.24) is 0 Å². The van der Waals surface area contributed by atoms with Gasteiger partial charge in [-0.05, 0) is 0 Å². The molecule has 0 saturated carbocycles. The molecule has 6 N–H and O–H groups in total. The number of hydrogen-bond donors (Lipinski definition) is 0. The summed E-state index contributed by atoms with van der Waals surface area (Å²) in [6.45, 7) is 0. The Morgan fingerprint density at radius 2 is 0.500 bits per heavy atom. The Balaban J connectivity index is -0.0000000135. The Bertz CT molecular complexity index is 114. The first-order valence-electron chi connectivity index (χ1n) is 1.64. The van der Waals surface area contributed by atoms with Crippen LogP contribution < -0.4 is 0 Å². The molecular formula is H6CrN3O12. The fourth-order valence-corrected chi connectivity index (χ4v) is 0. The van der Waals surface area contributed by atoms with Crippen LogP contribution in [0.2, 0.25) is 0 Å². The van der Waals surface area contributed by atoms with Gasteiger partial charge in [-0.1, -0.05) is 0 Å². The summed E-state index contributed by atoms with van der Waals surface area (Å²) < 4.78 is 0. The quantitative estimate of drug-likeness (QED) is 0.320. The number of rotatable bonds is 0. The van der Waals surface area contributed by atoms with Gasteiger partial charge in [0.15, 0.2) is 0 Å². The van der Waals surface area contributed by atoms with E-state index in [0.717, 1.165) is 0 Å². The van der Waals surface area contributed by atoms with Crippen LogP contribution in [0.5, 0.6) is 0 Å². The molecule has 0 aliphatic heterocycles. The normalized spacial score (nSPS) is 4.50. The smallest absolute Gasteiger partial charge is 0.412 e. The van der Waals surface area contributed by atoms with Gasteiger partial charge in [-0.3, -0.25) is 0 Å². The van der Waals surface area contributed by atoms with Gasteiger partial charge in [0.25, 0.3) is 0 Å².